The number of pyridine rings is 1. The normalized spacial score (nSPS) is 15.5. The van der Waals surface area contributed by atoms with E-state index in [2.05, 4.69) is 10.00 Å². The molecule has 0 N–H and O–H groups in total. The Morgan fingerprint density at radius 2 is 1.92 bits per heavy atom. The fraction of sp³-hybridized carbons (Fsp3) is 0.263. The van der Waals surface area contributed by atoms with Crippen LogP contribution < -0.4 is 0 Å². The highest BCUT2D eigenvalue weighted by Gasteiger charge is 2.26. The van der Waals surface area contributed by atoms with Gasteiger partial charge in [0.2, 0.25) is 0 Å². The average molecular weight is 373 g/mol. The Kier molecular flexibility index (Phi) is 4.61. The van der Waals surface area contributed by atoms with Crippen LogP contribution >= 0.6 is 11.6 Å². The minimum Gasteiger partial charge on any atom is -0.335 e. The third kappa shape index (κ3) is 3.30. The van der Waals surface area contributed by atoms with Crippen LogP contribution in [0.1, 0.15) is 16.1 Å². The first-order valence-corrected chi connectivity index (χ1v) is 8.88. The van der Waals surface area contributed by atoms with Gasteiger partial charge in [0.25, 0.3) is 5.91 Å². The Labute approximate surface area is 155 Å². The molecule has 4 rings (SSSR count). The second-order valence-corrected chi connectivity index (χ2v) is 6.77. The van der Waals surface area contributed by atoms with Crippen molar-refractivity contribution < 1.29 is 9.18 Å². The zero-order chi connectivity index (χ0) is 18.1. The number of benzene rings is 1. The monoisotopic (exact) mass is 372 g/mol. The Balaban J connectivity index is 1.42. The van der Waals surface area contributed by atoms with Crippen molar-refractivity contribution in [1.29, 1.82) is 0 Å². The van der Waals surface area contributed by atoms with Crippen LogP contribution in [-0.2, 0) is 6.54 Å². The van der Waals surface area contributed by atoms with Gasteiger partial charge in [-0.25, -0.2) is 8.91 Å². The molecule has 1 fully saturated rings. The van der Waals surface area contributed by atoms with Gasteiger partial charge in [-0.2, -0.15) is 5.10 Å². The Hall–Kier alpha value is -2.44. The number of aromatic nitrogens is 2. The molecule has 0 aliphatic carbocycles. The predicted octanol–water partition coefficient (Wildman–Crippen LogP) is 3.08. The highest BCUT2D eigenvalue weighted by atomic mass is 35.5. The molecule has 2 aromatic heterocycles. The third-order valence-electron chi connectivity index (χ3n) is 4.64. The maximum Gasteiger partial charge on any atom is 0.276 e. The summed E-state index contributed by atoms with van der Waals surface area (Å²) in [5.74, 6) is -0.373. The molecule has 7 heteroatoms. The molecule has 1 amide bonds. The van der Waals surface area contributed by atoms with E-state index in [1.165, 1.54) is 6.07 Å². The number of carbonyl (C=O) groups excluding carboxylic acids is 1. The first kappa shape index (κ1) is 17.0. The third-order valence-corrected chi connectivity index (χ3v) is 5.01. The topological polar surface area (TPSA) is 40.9 Å². The number of hydrogen-bond donors (Lipinski definition) is 0. The summed E-state index contributed by atoms with van der Waals surface area (Å²) in [6.45, 7) is 3.33. The summed E-state index contributed by atoms with van der Waals surface area (Å²) in [4.78, 5) is 16.8. The molecule has 134 valence electrons. The first-order chi connectivity index (χ1) is 12.6. The maximum absolute atomic E-state index is 13.3. The Morgan fingerprint density at radius 3 is 2.65 bits per heavy atom. The summed E-state index contributed by atoms with van der Waals surface area (Å²) in [6.07, 6.45) is 1.77. The van der Waals surface area contributed by atoms with E-state index in [-0.39, 0.29) is 17.4 Å². The fourth-order valence-electron chi connectivity index (χ4n) is 3.26. The molecule has 0 saturated carbocycles. The van der Waals surface area contributed by atoms with E-state index >= 15 is 0 Å². The van der Waals surface area contributed by atoms with Gasteiger partial charge in [0.1, 0.15) is 5.82 Å². The van der Waals surface area contributed by atoms with Gasteiger partial charge in [0.15, 0.2) is 5.69 Å². The zero-order valence-electron chi connectivity index (χ0n) is 14.1. The van der Waals surface area contributed by atoms with Gasteiger partial charge >= 0.3 is 0 Å². The van der Waals surface area contributed by atoms with Crippen molar-refractivity contribution >= 4 is 23.0 Å². The Bertz CT molecular complexity index is 950. The first-order valence-electron chi connectivity index (χ1n) is 8.51. The van der Waals surface area contributed by atoms with E-state index in [0.717, 1.165) is 24.2 Å². The number of amides is 1. The largest absolute Gasteiger partial charge is 0.335 e. The van der Waals surface area contributed by atoms with Crippen molar-refractivity contribution in [3.8, 4) is 0 Å². The molecule has 5 nitrogen and oxygen atoms in total. The summed E-state index contributed by atoms with van der Waals surface area (Å²) in [6, 6.07) is 12.2. The molecule has 3 aromatic rings. The fourth-order valence-corrected chi connectivity index (χ4v) is 3.53. The molecule has 26 heavy (non-hydrogen) atoms. The molecule has 3 heterocycles. The van der Waals surface area contributed by atoms with E-state index < -0.39 is 0 Å². The lowest BCUT2D eigenvalue weighted by Crippen LogP contribution is -2.48. The summed E-state index contributed by atoms with van der Waals surface area (Å²) in [7, 11) is 0. The van der Waals surface area contributed by atoms with Crippen molar-refractivity contribution in [3.05, 3.63) is 70.8 Å². The SMILES string of the molecule is O=C(c1nn2ccccc2c1Cl)N1CCN(Cc2cccc(F)c2)CC1. The second kappa shape index (κ2) is 7.05. The molecule has 1 aliphatic heterocycles. The molecule has 1 saturated heterocycles. The number of nitrogens with zero attached hydrogens (tertiary/aromatic N) is 4. The number of rotatable bonds is 3. The Morgan fingerprint density at radius 1 is 1.12 bits per heavy atom. The number of carbonyl (C=O) groups is 1. The van der Waals surface area contributed by atoms with Crippen molar-refractivity contribution in [2.24, 2.45) is 0 Å². The average Bonchev–Trinajstić information content (AvgIpc) is 2.99. The van der Waals surface area contributed by atoms with E-state index in [9.17, 15) is 9.18 Å². The molecule has 0 atom stereocenters. The van der Waals surface area contributed by atoms with Gasteiger partial charge in [-0.1, -0.05) is 29.8 Å². The standard InChI is InChI=1S/C19H18ClFN4O/c20-17-16-6-1-2-7-25(16)22-18(17)19(26)24-10-8-23(9-11-24)13-14-4-3-5-15(21)12-14/h1-7,12H,8-11,13H2. The molecule has 0 unspecified atom stereocenters. The summed E-state index contributed by atoms with van der Waals surface area (Å²) in [5, 5.41) is 4.71. The van der Waals surface area contributed by atoms with Crippen LogP contribution in [0.25, 0.3) is 5.52 Å². The van der Waals surface area contributed by atoms with Crippen LogP contribution in [-0.4, -0.2) is 51.5 Å². The van der Waals surface area contributed by atoms with Crippen molar-refractivity contribution in [2.45, 2.75) is 6.54 Å². The lowest BCUT2D eigenvalue weighted by molar-refractivity contribution is 0.0622. The molecule has 0 spiro atoms. The molecule has 1 aromatic carbocycles. The van der Waals surface area contributed by atoms with Crippen LogP contribution in [0.4, 0.5) is 4.39 Å². The summed E-state index contributed by atoms with van der Waals surface area (Å²) < 4.78 is 14.9. The lowest BCUT2D eigenvalue weighted by Gasteiger charge is -2.34. The van der Waals surface area contributed by atoms with E-state index in [1.807, 2.05) is 24.3 Å². The minimum absolute atomic E-state index is 0.149. The molecular formula is C19H18ClFN4O. The van der Waals surface area contributed by atoms with Crippen molar-refractivity contribution in [1.82, 2.24) is 19.4 Å². The summed E-state index contributed by atoms with van der Waals surface area (Å²) >= 11 is 6.35. The van der Waals surface area contributed by atoms with Gasteiger partial charge in [-0.3, -0.25) is 9.69 Å². The number of halogens is 2. The van der Waals surface area contributed by atoms with Crippen LogP contribution in [0, 0.1) is 5.82 Å². The van der Waals surface area contributed by atoms with Crippen molar-refractivity contribution in [2.75, 3.05) is 26.2 Å². The lowest BCUT2D eigenvalue weighted by atomic mass is 10.2. The van der Waals surface area contributed by atoms with Gasteiger partial charge in [0.05, 0.1) is 10.5 Å². The molecular weight excluding hydrogens is 355 g/mol. The van der Waals surface area contributed by atoms with Gasteiger partial charge in [-0.15, -0.1) is 0 Å². The van der Waals surface area contributed by atoms with Gasteiger partial charge in [0, 0.05) is 38.9 Å². The number of piperazine rings is 1. The highest BCUT2D eigenvalue weighted by molar-refractivity contribution is 6.36. The van der Waals surface area contributed by atoms with Crippen LogP contribution in [0.5, 0.6) is 0 Å². The maximum atomic E-state index is 13.3. The van der Waals surface area contributed by atoms with Gasteiger partial charge < -0.3 is 4.90 Å². The molecule has 0 radical (unpaired) electrons. The molecule has 0 bridgehead atoms. The van der Waals surface area contributed by atoms with Gasteiger partial charge in [-0.05, 0) is 29.8 Å². The van der Waals surface area contributed by atoms with Crippen LogP contribution in [0.2, 0.25) is 5.02 Å². The summed E-state index contributed by atoms with van der Waals surface area (Å²) in [5.41, 5.74) is 1.95. The van der Waals surface area contributed by atoms with Crippen LogP contribution in [0.15, 0.2) is 48.7 Å². The quantitative estimate of drug-likeness (QED) is 0.709. The van der Waals surface area contributed by atoms with E-state index in [1.54, 1.807) is 27.7 Å². The highest BCUT2D eigenvalue weighted by Crippen LogP contribution is 2.23. The zero-order valence-corrected chi connectivity index (χ0v) is 14.9. The predicted molar refractivity (Wildman–Crippen MR) is 97.8 cm³/mol. The minimum atomic E-state index is -0.224. The smallest absolute Gasteiger partial charge is 0.276 e. The van der Waals surface area contributed by atoms with E-state index in [0.29, 0.717) is 24.7 Å². The number of hydrogen-bond acceptors (Lipinski definition) is 3. The van der Waals surface area contributed by atoms with Crippen molar-refractivity contribution in [3.63, 3.8) is 0 Å². The van der Waals surface area contributed by atoms with Crippen LogP contribution in [0.3, 0.4) is 0 Å². The van der Waals surface area contributed by atoms with E-state index in [4.69, 9.17) is 11.6 Å². The second-order valence-electron chi connectivity index (χ2n) is 6.39. The number of fused-ring (bicyclic) bond motifs is 1. The molecule has 1 aliphatic rings.